The molecular formula is C14H12N6O. The number of aromatic nitrogens is 6. The zero-order valence-electron chi connectivity index (χ0n) is 11.5. The van der Waals surface area contributed by atoms with Crippen LogP contribution in [0.25, 0.3) is 27.9 Å². The molecule has 0 aliphatic heterocycles. The SMILES string of the molecule is Cc1ccc2[nH]c(=O)n3nc(-c4cnn(C)c4)nc3c2c1. The quantitative estimate of drug-likeness (QED) is 0.569. The summed E-state index contributed by atoms with van der Waals surface area (Å²) in [7, 11) is 1.82. The maximum atomic E-state index is 12.1. The summed E-state index contributed by atoms with van der Waals surface area (Å²) in [5.74, 6) is 0.489. The van der Waals surface area contributed by atoms with E-state index in [9.17, 15) is 4.79 Å². The van der Waals surface area contributed by atoms with E-state index in [0.717, 1.165) is 22.0 Å². The van der Waals surface area contributed by atoms with Gasteiger partial charge in [-0.2, -0.15) is 9.61 Å². The van der Waals surface area contributed by atoms with Crippen LogP contribution in [0.5, 0.6) is 0 Å². The Morgan fingerprint density at radius 2 is 2.14 bits per heavy atom. The second kappa shape index (κ2) is 4.02. The van der Waals surface area contributed by atoms with E-state index < -0.39 is 0 Å². The van der Waals surface area contributed by atoms with Gasteiger partial charge in [-0.25, -0.2) is 9.78 Å². The first-order chi connectivity index (χ1) is 10.1. The number of nitrogens with zero attached hydrogens (tertiary/aromatic N) is 5. The normalized spacial score (nSPS) is 11.5. The van der Waals surface area contributed by atoms with E-state index in [1.54, 1.807) is 10.9 Å². The van der Waals surface area contributed by atoms with E-state index in [4.69, 9.17) is 0 Å². The molecule has 0 saturated heterocycles. The summed E-state index contributed by atoms with van der Waals surface area (Å²) in [6, 6.07) is 5.82. The van der Waals surface area contributed by atoms with Crippen molar-refractivity contribution in [3.8, 4) is 11.4 Å². The van der Waals surface area contributed by atoms with Gasteiger partial charge < -0.3 is 4.98 Å². The minimum Gasteiger partial charge on any atom is -0.305 e. The van der Waals surface area contributed by atoms with Crippen LogP contribution in [-0.2, 0) is 7.05 Å². The van der Waals surface area contributed by atoms with Crippen LogP contribution in [0.15, 0.2) is 35.4 Å². The fourth-order valence-corrected chi connectivity index (χ4v) is 2.41. The van der Waals surface area contributed by atoms with E-state index in [0.29, 0.717) is 11.5 Å². The van der Waals surface area contributed by atoms with E-state index in [2.05, 4.69) is 20.2 Å². The highest BCUT2D eigenvalue weighted by Crippen LogP contribution is 2.20. The van der Waals surface area contributed by atoms with Gasteiger partial charge in [0.25, 0.3) is 0 Å². The molecule has 7 nitrogen and oxygen atoms in total. The first-order valence-electron chi connectivity index (χ1n) is 6.50. The number of fused-ring (bicyclic) bond motifs is 3. The summed E-state index contributed by atoms with van der Waals surface area (Å²) in [6.07, 6.45) is 3.49. The fourth-order valence-electron chi connectivity index (χ4n) is 2.41. The smallest absolute Gasteiger partial charge is 0.305 e. The number of H-pyrrole nitrogens is 1. The number of hydrogen-bond acceptors (Lipinski definition) is 4. The summed E-state index contributed by atoms with van der Waals surface area (Å²) in [6.45, 7) is 2.00. The van der Waals surface area contributed by atoms with Crippen molar-refractivity contribution in [1.82, 2.24) is 29.4 Å². The van der Waals surface area contributed by atoms with Crippen molar-refractivity contribution in [3.63, 3.8) is 0 Å². The molecule has 4 rings (SSSR count). The molecule has 21 heavy (non-hydrogen) atoms. The van der Waals surface area contributed by atoms with Crippen LogP contribution in [0.1, 0.15) is 5.56 Å². The first-order valence-corrected chi connectivity index (χ1v) is 6.50. The van der Waals surface area contributed by atoms with Crippen LogP contribution < -0.4 is 5.69 Å². The third-order valence-electron chi connectivity index (χ3n) is 3.42. The Morgan fingerprint density at radius 3 is 2.90 bits per heavy atom. The minimum absolute atomic E-state index is 0.302. The number of aryl methyl sites for hydroxylation is 2. The maximum Gasteiger partial charge on any atom is 0.348 e. The Labute approximate surface area is 118 Å². The molecule has 0 aliphatic rings. The highest BCUT2D eigenvalue weighted by Gasteiger charge is 2.13. The van der Waals surface area contributed by atoms with E-state index in [1.165, 1.54) is 4.52 Å². The molecule has 0 radical (unpaired) electrons. The van der Waals surface area contributed by atoms with E-state index in [-0.39, 0.29) is 5.69 Å². The first kappa shape index (κ1) is 11.8. The van der Waals surface area contributed by atoms with Crippen molar-refractivity contribution >= 4 is 16.6 Å². The molecule has 7 heteroatoms. The molecule has 0 amide bonds. The number of benzene rings is 1. The van der Waals surface area contributed by atoms with E-state index >= 15 is 0 Å². The summed E-state index contributed by atoms with van der Waals surface area (Å²) in [4.78, 5) is 19.4. The van der Waals surface area contributed by atoms with Crippen molar-refractivity contribution in [2.24, 2.45) is 7.05 Å². The standard InChI is InChI=1S/C14H12N6O/c1-8-3-4-11-10(5-8)13-17-12(9-6-15-19(2)7-9)18-20(13)14(21)16-11/h3-7H,1-2H3,(H,16,21). The summed E-state index contributed by atoms with van der Waals surface area (Å²) in [5, 5.41) is 9.26. The fraction of sp³-hybridized carbons (Fsp3) is 0.143. The van der Waals surface area contributed by atoms with Crippen molar-refractivity contribution in [2.75, 3.05) is 0 Å². The van der Waals surface area contributed by atoms with Gasteiger partial charge >= 0.3 is 5.69 Å². The predicted octanol–water partition coefficient (Wildman–Crippen LogP) is 1.28. The molecule has 0 aliphatic carbocycles. The molecule has 0 saturated carbocycles. The zero-order valence-corrected chi connectivity index (χ0v) is 11.5. The van der Waals surface area contributed by atoms with Crippen LogP contribution >= 0.6 is 0 Å². The molecule has 0 atom stereocenters. The van der Waals surface area contributed by atoms with Gasteiger partial charge in [0.2, 0.25) is 0 Å². The van der Waals surface area contributed by atoms with Gasteiger partial charge in [0.15, 0.2) is 11.5 Å². The second-order valence-corrected chi connectivity index (χ2v) is 5.05. The average Bonchev–Trinajstić information content (AvgIpc) is 3.06. The number of rotatable bonds is 1. The van der Waals surface area contributed by atoms with E-state index in [1.807, 2.05) is 38.4 Å². The molecule has 0 spiro atoms. The lowest BCUT2D eigenvalue weighted by Crippen LogP contribution is -2.17. The molecular weight excluding hydrogens is 268 g/mol. The van der Waals surface area contributed by atoms with Crippen LogP contribution in [0, 0.1) is 6.92 Å². The molecule has 0 unspecified atom stereocenters. The zero-order chi connectivity index (χ0) is 14.6. The maximum absolute atomic E-state index is 12.1. The van der Waals surface area contributed by atoms with Crippen molar-refractivity contribution in [1.29, 1.82) is 0 Å². The summed E-state index contributed by atoms with van der Waals surface area (Å²) in [5.41, 5.74) is 2.88. The Kier molecular flexibility index (Phi) is 2.26. The van der Waals surface area contributed by atoms with Crippen LogP contribution in [0.2, 0.25) is 0 Å². The lowest BCUT2D eigenvalue weighted by molar-refractivity contribution is 0.768. The number of nitrogens with one attached hydrogen (secondary N) is 1. The Bertz CT molecular complexity index is 1040. The number of aromatic amines is 1. The lowest BCUT2D eigenvalue weighted by Gasteiger charge is -2.00. The van der Waals surface area contributed by atoms with Gasteiger partial charge in [0.1, 0.15) is 0 Å². The molecule has 4 aromatic rings. The third kappa shape index (κ3) is 1.74. The summed E-state index contributed by atoms with van der Waals surface area (Å²) < 4.78 is 2.97. The highest BCUT2D eigenvalue weighted by molar-refractivity contribution is 5.91. The van der Waals surface area contributed by atoms with Gasteiger partial charge in [0, 0.05) is 18.6 Å². The van der Waals surface area contributed by atoms with Crippen LogP contribution in [-0.4, -0.2) is 29.4 Å². The van der Waals surface area contributed by atoms with Crippen molar-refractivity contribution in [2.45, 2.75) is 6.92 Å². The minimum atomic E-state index is -0.302. The van der Waals surface area contributed by atoms with Gasteiger partial charge in [-0.15, -0.1) is 5.10 Å². The Morgan fingerprint density at radius 1 is 1.29 bits per heavy atom. The lowest BCUT2D eigenvalue weighted by atomic mass is 10.2. The third-order valence-corrected chi connectivity index (χ3v) is 3.42. The average molecular weight is 280 g/mol. The van der Waals surface area contributed by atoms with Crippen molar-refractivity contribution < 1.29 is 0 Å². The van der Waals surface area contributed by atoms with Gasteiger partial charge in [-0.3, -0.25) is 4.68 Å². The predicted molar refractivity (Wildman–Crippen MR) is 78.1 cm³/mol. The summed E-state index contributed by atoms with van der Waals surface area (Å²) >= 11 is 0. The van der Waals surface area contributed by atoms with Gasteiger partial charge in [-0.05, 0) is 19.1 Å². The van der Waals surface area contributed by atoms with Crippen LogP contribution in [0.3, 0.4) is 0 Å². The largest absolute Gasteiger partial charge is 0.348 e. The topological polar surface area (TPSA) is 80.9 Å². The highest BCUT2D eigenvalue weighted by atomic mass is 16.1. The molecule has 1 N–H and O–H groups in total. The molecule has 104 valence electrons. The molecule has 0 bridgehead atoms. The van der Waals surface area contributed by atoms with Gasteiger partial charge in [0.05, 0.1) is 17.3 Å². The molecule has 0 fully saturated rings. The second-order valence-electron chi connectivity index (χ2n) is 5.05. The van der Waals surface area contributed by atoms with Gasteiger partial charge in [-0.1, -0.05) is 11.6 Å². The van der Waals surface area contributed by atoms with Crippen LogP contribution in [0.4, 0.5) is 0 Å². The Balaban J connectivity index is 2.10. The Hall–Kier alpha value is -2.96. The number of hydrogen-bond donors (Lipinski definition) is 1. The van der Waals surface area contributed by atoms with Crippen molar-refractivity contribution in [3.05, 3.63) is 46.6 Å². The molecule has 3 heterocycles. The molecule has 1 aromatic carbocycles. The molecule has 3 aromatic heterocycles. The monoisotopic (exact) mass is 280 g/mol.